The van der Waals surface area contributed by atoms with E-state index in [4.69, 9.17) is 5.73 Å². The minimum atomic E-state index is 0.0798. The Morgan fingerprint density at radius 2 is 2.33 bits per heavy atom. The number of nitrogen functional groups attached to an aromatic ring is 1. The standard InChI is InChI=1S/C17H19N5OS/c1-10-7-12(8-14-15(10)20-17(18)24-14)16(23)22-6-2-3-11(9-22)13-4-5-19-21-13/h4-5,7-8,11H,2-3,6,9H2,1H3,(H2,18,20)(H,19,21)/t11-/m1/s1. The molecule has 0 spiro atoms. The smallest absolute Gasteiger partial charge is 0.253 e. The second-order valence-electron chi connectivity index (χ2n) is 6.29. The number of piperidine rings is 1. The minimum Gasteiger partial charge on any atom is -0.375 e. The van der Waals surface area contributed by atoms with Gasteiger partial charge in [-0.05, 0) is 43.5 Å². The number of aromatic nitrogens is 3. The van der Waals surface area contributed by atoms with Gasteiger partial charge in [0, 0.05) is 36.5 Å². The van der Waals surface area contributed by atoms with Crippen LogP contribution in [-0.4, -0.2) is 39.1 Å². The van der Waals surface area contributed by atoms with Crippen LogP contribution in [0.1, 0.15) is 40.4 Å². The third-order valence-electron chi connectivity index (χ3n) is 4.62. The third-order valence-corrected chi connectivity index (χ3v) is 5.45. The molecule has 1 fully saturated rings. The second-order valence-corrected chi connectivity index (χ2v) is 7.36. The van der Waals surface area contributed by atoms with Gasteiger partial charge in [-0.1, -0.05) is 11.3 Å². The second kappa shape index (κ2) is 5.90. The molecule has 2 aromatic heterocycles. The summed E-state index contributed by atoms with van der Waals surface area (Å²) in [4.78, 5) is 19.2. The first-order valence-corrected chi connectivity index (χ1v) is 8.88. The molecule has 1 aliphatic heterocycles. The van der Waals surface area contributed by atoms with E-state index in [2.05, 4.69) is 15.2 Å². The molecule has 0 bridgehead atoms. The average Bonchev–Trinajstić information content (AvgIpc) is 3.23. The minimum absolute atomic E-state index is 0.0798. The molecular weight excluding hydrogens is 322 g/mol. The number of likely N-dealkylation sites (tertiary alicyclic amines) is 1. The molecule has 0 aliphatic carbocycles. The van der Waals surface area contributed by atoms with E-state index < -0.39 is 0 Å². The largest absolute Gasteiger partial charge is 0.375 e. The number of anilines is 1. The summed E-state index contributed by atoms with van der Waals surface area (Å²) in [5.74, 6) is 0.408. The number of nitrogens with one attached hydrogen (secondary N) is 1. The van der Waals surface area contributed by atoms with Crippen molar-refractivity contribution >= 4 is 32.6 Å². The summed E-state index contributed by atoms with van der Waals surface area (Å²) in [6.45, 7) is 3.50. The molecule has 4 rings (SSSR count). The number of rotatable bonds is 2. The molecule has 6 nitrogen and oxygen atoms in total. The number of thiazole rings is 1. The summed E-state index contributed by atoms with van der Waals surface area (Å²) in [5.41, 5.74) is 9.51. The maximum atomic E-state index is 13.0. The molecule has 0 saturated carbocycles. The summed E-state index contributed by atoms with van der Waals surface area (Å²) >= 11 is 1.43. The van der Waals surface area contributed by atoms with E-state index >= 15 is 0 Å². The van der Waals surface area contributed by atoms with Gasteiger partial charge in [0.25, 0.3) is 5.91 Å². The van der Waals surface area contributed by atoms with Crippen LogP contribution in [0.2, 0.25) is 0 Å². The first kappa shape index (κ1) is 15.1. The maximum absolute atomic E-state index is 13.0. The third kappa shape index (κ3) is 2.65. The molecule has 3 aromatic rings. The molecule has 1 aliphatic rings. The molecule has 24 heavy (non-hydrogen) atoms. The van der Waals surface area contributed by atoms with Crippen molar-refractivity contribution in [2.45, 2.75) is 25.7 Å². The van der Waals surface area contributed by atoms with E-state index in [9.17, 15) is 4.79 Å². The van der Waals surface area contributed by atoms with Gasteiger partial charge in [-0.3, -0.25) is 9.89 Å². The molecule has 3 heterocycles. The van der Waals surface area contributed by atoms with Crippen molar-refractivity contribution < 1.29 is 4.79 Å². The normalized spacial score (nSPS) is 18.2. The lowest BCUT2D eigenvalue weighted by atomic mass is 9.94. The van der Waals surface area contributed by atoms with Crippen LogP contribution >= 0.6 is 11.3 Å². The number of benzene rings is 1. The Bertz CT molecular complexity index is 886. The van der Waals surface area contributed by atoms with E-state index in [1.54, 1.807) is 6.20 Å². The summed E-state index contributed by atoms with van der Waals surface area (Å²) in [7, 11) is 0. The Balaban J connectivity index is 1.61. The molecule has 7 heteroatoms. The van der Waals surface area contributed by atoms with Crippen LogP contribution < -0.4 is 5.73 Å². The van der Waals surface area contributed by atoms with E-state index in [1.807, 2.05) is 30.0 Å². The number of hydrogen-bond donors (Lipinski definition) is 2. The Morgan fingerprint density at radius 3 is 3.12 bits per heavy atom. The molecule has 0 radical (unpaired) electrons. The highest BCUT2D eigenvalue weighted by Gasteiger charge is 2.26. The Morgan fingerprint density at radius 1 is 1.46 bits per heavy atom. The molecule has 3 N–H and O–H groups in total. The lowest BCUT2D eigenvalue weighted by Crippen LogP contribution is -2.39. The average molecular weight is 341 g/mol. The first-order valence-electron chi connectivity index (χ1n) is 8.07. The molecule has 1 saturated heterocycles. The zero-order valence-electron chi connectivity index (χ0n) is 13.5. The molecule has 1 aromatic carbocycles. The highest BCUT2D eigenvalue weighted by Crippen LogP contribution is 2.30. The van der Waals surface area contributed by atoms with Gasteiger partial charge in [0.15, 0.2) is 5.13 Å². The zero-order chi connectivity index (χ0) is 16.7. The van der Waals surface area contributed by atoms with Crippen molar-refractivity contribution in [1.29, 1.82) is 0 Å². The molecular formula is C17H19N5OS. The van der Waals surface area contributed by atoms with Crippen LogP contribution in [0.4, 0.5) is 5.13 Å². The van der Waals surface area contributed by atoms with Crippen molar-refractivity contribution in [3.05, 3.63) is 41.2 Å². The topological polar surface area (TPSA) is 87.9 Å². The van der Waals surface area contributed by atoms with Crippen LogP contribution in [0, 0.1) is 6.92 Å². The molecule has 1 atom stereocenters. The lowest BCUT2D eigenvalue weighted by molar-refractivity contribution is 0.0706. The molecule has 0 unspecified atom stereocenters. The Labute approximate surface area is 143 Å². The maximum Gasteiger partial charge on any atom is 0.253 e. The van der Waals surface area contributed by atoms with Crippen molar-refractivity contribution in [2.24, 2.45) is 0 Å². The van der Waals surface area contributed by atoms with E-state index in [0.717, 1.165) is 47.4 Å². The number of aromatic amines is 1. The summed E-state index contributed by atoms with van der Waals surface area (Å²) in [6, 6.07) is 5.83. The van der Waals surface area contributed by atoms with E-state index in [-0.39, 0.29) is 5.91 Å². The predicted octanol–water partition coefficient (Wildman–Crippen LogP) is 2.93. The number of carbonyl (C=O) groups excluding carboxylic acids is 1. The number of nitrogens with two attached hydrogens (primary N) is 1. The number of carbonyl (C=O) groups is 1. The fourth-order valence-corrected chi connectivity index (χ4v) is 4.28. The fraction of sp³-hybridized carbons (Fsp3) is 0.353. The number of H-pyrrole nitrogens is 1. The van der Waals surface area contributed by atoms with Crippen molar-refractivity contribution in [1.82, 2.24) is 20.1 Å². The quantitative estimate of drug-likeness (QED) is 0.750. The Kier molecular flexibility index (Phi) is 3.72. The number of nitrogens with zero attached hydrogens (tertiary/aromatic N) is 3. The van der Waals surface area contributed by atoms with Crippen LogP contribution in [-0.2, 0) is 0 Å². The summed E-state index contributed by atoms with van der Waals surface area (Å²) < 4.78 is 0.970. The lowest BCUT2D eigenvalue weighted by Gasteiger charge is -2.32. The van der Waals surface area contributed by atoms with Crippen LogP contribution in [0.5, 0.6) is 0 Å². The van der Waals surface area contributed by atoms with Gasteiger partial charge in [-0.2, -0.15) is 5.10 Å². The first-order chi connectivity index (χ1) is 11.6. The van der Waals surface area contributed by atoms with Crippen molar-refractivity contribution in [3.63, 3.8) is 0 Å². The number of amides is 1. The highest BCUT2D eigenvalue weighted by atomic mass is 32.1. The van der Waals surface area contributed by atoms with E-state index in [1.165, 1.54) is 11.3 Å². The van der Waals surface area contributed by atoms with Crippen molar-refractivity contribution in [3.8, 4) is 0 Å². The van der Waals surface area contributed by atoms with Crippen molar-refractivity contribution in [2.75, 3.05) is 18.8 Å². The number of fused-ring (bicyclic) bond motifs is 1. The van der Waals surface area contributed by atoms with Crippen LogP contribution in [0.3, 0.4) is 0 Å². The van der Waals surface area contributed by atoms with Gasteiger partial charge in [0.1, 0.15) is 0 Å². The SMILES string of the molecule is Cc1cc(C(=O)N2CCC[C@@H](c3ccn[nH]3)C2)cc2sc(N)nc12. The van der Waals surface area contributed by atoms with Gasteiger partial charge in [0.05, 0.1) is 10.2 Å². The monoisotopic (exact) mass is 341 g/mol. The fourth-order valence-electron chi connectivity index (χ4n) is 3.43. The van der Waals surface area contributed by atoms with Gasteiger partial charge >= 0.3 is 0 Å². The number of hydrogen-bond acceptors (Lipinski definition) is 5. The summed E-state index contributed by atoms with van der Waals surface area (Å²) in [6.07, 6.45) is 3.85. The summed E-state index contributed by atoms with van der Waals surface area (Å²) in [5, 5.41) is 7.60. The van der Waals surface area contributed by atoms with Gasteiger partial charge in [0.2, 0.25) is 0 Å². The highest BCUT2D eigenvalue weighted by molar-refractivity contribution is 7.22. The molecule has 1 amide bonds. The molecule has 124 valence electrons. The van der Waals surface area contributed by atoms with Gasteiger partial charge < -0.3 is 10.6 Å². The number of aryl methyl sites for hydroxylation is 1. The van der Waals surface area contributed by atoms with Crippen LogP contribution in [0.15, 0.2) is 24.4 Å². The van der Waals surface area contributed by atoms with Gasteiger partial charge in [-0.15, -0.1) is 0 Å². The van der Waals surface area contributed by atoms with Crippen LogP contribution in [0.25, 0.3) is 10.2 Å². The zero-order valence-corrected chi connectivity index (χ0v) is 14.3. The predicted molar refractivity (Wildman–Crippen MR) is 95.2 cm³/mol. The van der Waals surface area contributed by atoms with E-state index in [0.29, 0.717) is 16.6 Å². The van der Waals surface area contributed by atoms with Gasteiger partial charge in [-0.25, -0.2) is 4.98 Å². The Hall–Kier alpha value is -2.41.